The fraction of sp³-hybridized carbons (Fsp3) is 0.647. The van der Waals surface area contributed by atoms with Crippen LogP contribution in [0.1, 0.15) is 43.2 Å². The summed E-state index contributed by atoms with van der Waals surface area (Å²) in [7, 11) is 2.00. The zero-order valence-electron chi connectivity index (χ0n) is 12.2. The molecule has 1 aromatic rings. The Morgan fingerprint density at radius 3 is 2.58 bits per heavy atom. The lowest BCUT2D eigenvalue weighted by molar-refractivity contribution is 0.0735. The lowest BCUT2D eigenvalue weighted by Gasteiger charge is -2.21. The molecule has 0 unspecified atom stereocenters. The molecule has 0 amide bonds. The summed E-state index contributed by atoms with van der Waals surface area (Å²) in [5.74, 6) is 0.804. The Bertz CT molecular complexity index is 358. The first-order valence-corrected chi connectivity index (χ1v) is 7.69. The molecule has 19 heavy (non-hydrogen) atoms. The Morgan fingerprint density at radius 1 is 1.11 bits per heavy atom. The van der Waals surface area contributed by atoms with E-state index >= 15 is 0 Å². The van der Waals surface area contributed by atoms with Crippen LogP contribution >= 0.6 is 0 Å². The van der Waals surface area contributed by atoms with Gasteiger partial charge in [0.25, 0.3) is 0 Å². The smallest absolute Gasteiger partial charge is 0.0719 e. The molecule has 1 saturated carbocycles. The third-order valence-corrected chi connectivity index (χ3v) is 4.10. The molecule has 0 aromatic heterocycles. The molecular formula is C17H27NO. The van der Waals surface area contributed by atoms with Crippen molar-refractivity contribution >= 4 is 0 Å². The summed E-state index contributed by atoms with van der Waals surface area (Å²) in [6, 6.07) is 8.65. The highest BCUT2D eigenvalue weighted by molar-refractivity contribution is 5.26. The number of ether oxygens (including phenoxy) is 1. The van der Waals surface area contributed by atoms with E-state index in [1.54, 1.807) is 0 Å². The fourth-order valence-corrected chi connectivity index (χ4v) is 2.89. The van der Waals surface area contributed by atoms with Crippen molar-refractivity contribution < 1.29 is 4.74 Å². The third kappa shape index (κ3) is 4.96. The van der Waals surface area contributed by atoms with E-state index in [2.05, 4.69) is 29.6 Å². The van der Waals surface area contributed by atoms with Crippen LogP contribution in [0.25, 0.3) is 0 Å². The standard InChI is InChI=1S/C17H27NO/c1-18-12-11-16-9-5-6-10-17(16)14-19-13-15-7-3-2-4-8-15/h5-6,9-10,15,18H,2-4,7-8,11-14H2,1H3. The summed E-state index contributed by atoms with van der Waals surface area (Å²) in [4.78, 5) is 0. The van der Waals surface area contributed by atoms with Crippen molar-refractivity contribution in [3.8, 4) is 0 Å². The molecule has 2 heteroatoms. The molecule has 1 aromatic carbocycles. The Labute approximate surface area is 117 Å². The van der Waals surface area contributed by atoms with Crippen molar-refractivity contribution in [2.75, 3.05) is 20.2 Å². The molecule has 0 aliphatic heterocycles. The maximum absolute atomic E-state index is 5.96. The number of benzene rings is 1. The molecule has 2 nitrogen and oxygen atoms in total. The molecule has 106 valence electrons. The maximum atomic E-state index is 5.96. The van der Waals surface area contributed by atoms with Gasteiger partial charge in [0.2, 0.25) is 0 Å². The van der Waals surface area contributed by atoms with E-state index in [9.17, 15) is 0 Å². The molecule has 0 bridgehead atoms. The molecule has 1 aliphatic rings. The van der Waals surface area contributed by atoms with Crippen LogP contribution in [-0.2, 0) is 17.8 Å². The third-order valence-electron chi connectivity index (χ3n) is 4.10. The summed E-state index contributed by atoms with van der Waals surface area (Å²) in [5.41, 5.74) is 2.77. The number of hydrogen-bond acceptors (Lipinski definition) is 2. The first kappa shape index (κ1) is 14.5. The van der Waals surface area contributed by atoms with Crippen molar-refractivity contribution in [1.29, 1.82) is 0 Å². The Morgan fingerprint density at radius 2 is 1.84 bits per heavy atom. The second-order valence-electron chi connectivity index (χ2n) is 5.64. The second-order valence-corrected chi connectivity index (χ2v) is 5.64. The molecule has 0 radical (unpaired) electrons. The minimum absolute atomic E-state index is 0.774. The van der Waals surface area contributed by atoms with Gasteiger partial charge in [0.05, 0.1) is 6.61 Å². The molecule has 0 spiro atoms. The predicted octanol–water partition coefficient (Wildman–Crippen LogP) is 3.55. The molecule has 1 aliphatic carbocycles. The molecule has 1 fully saturated rings. The second kappa shape index (κ2) is 8.34. The Hall–Kier alpha value is -0.860. The van der Waals surface area contributed by atoms with E-state index in [1.807, 2.05) is 7.05 Å². The molecular weight excluding hydrogens is 234 g/mol. The summed E-state index contributed by atoms with van der Waals surface area (Å²) in [5, 5.41) is 3.21. The van der Waals surface area contributed by atoms with Gasteiger partial charge in [-0.25, -0.2) is 0 Å². The highest BCUT2D eigenvalue weighted by atomic mass is 16.5. The first-order valence-electron chi connectivity index (χ1n) is 7.69. The number of hydrogen-bond donors (Lipinski definition) is 1. The summed E-state index contributed by atoms with van der Waals surface area (Å²) < 4.78 is 5.96. The predicted molar refractivity (Wildman–Crippen MR) is 80.3 cm³/mol. The van der Waals surface area contributed by atoms with Gasteiger partial charge in [-0.15, -0.1) is 0 Å². The van der Waals surface area contributed by atoms with Gasteiger partial charge in [0.1, 0.15) is 0 Å². The largest absolute Gasteiger partial charge is 0.376 e. The fourth-order valence-electron chi connectivity index (χ4n) is 2.89. The van der Waals surface area contributed by atoms with Gasteiger partial charge in [-0.3, -0.25) is 0 Å². The van der Waals surface area contributed by atoms with Gasteiger partial charge in [0.15, 0.2) is 0 Å². The Kier molecular flexibility index (Phi) is 6.38. The summed E-state index contributed by atoms with van der Waals surface area (Å²) in [6.07, 6.45) is 8.02. The van der Waals surface area contributed by atoms with Crippen molar-refractivity contribution in [3.05, 3.63) is 35.4 Å². The SMILES string of the molecule is CNCCc1ccccc1COCC1CCCCC1. The molecule has 2 rings (SSSR count). The van der Waals surface area contributed by atoms with Crippen LogP contribution in [0.2, 0.25) is 0 Å². The van der Waals surface area contributed by atoms with Gasteiger partial charge >= 0.3 is 0 Å². The summed E-state index contributed by atoms with van der Waals surface area (Å²) in [6.45, 7) is 2.75. The van der Waals surface area contributed by atoms with Gasteiger partial charge in [-0.05, 0) is 49.9 Å². The summed E-state index contributed by atoms with van der Waals surface area (Å²) >= 11 is 0. The number of rotatable bonds is 7. The van der Waals surface area contributed by atoms with E-state index in [0.29, 0.717) is 0 Å². The monoisotopic (exact) mass is 261 g/mol. The van der Waals surface area contributed by atoms with Crippen molar-refractivity contribution in [2.24, 2.45) is 5.92 Å². The lowest BCUT2D eigenvalue weighted by atomic mass is 9.90. The highest BCUT2D eigenvalue weighted by Gasteiger charge is 2.13. The zero-order valence-corrected chi connectivity index (χ0v) is 12.2. The van der Waals surface area contributed by atoms with E-state index < -0.39 is 0 Å². The van der Waals surface area contributed by atoms with E-state index in [-0.39, 0.29) is 0 Å². The zero-order chi connectivity index (χ0) is 13.3. The minimum Gasteiger partial charge on any atom is -0.376 e. The van der Waals surface area contributed by atoms with E-state index in [1.165, 1.54) is 43.2 Å². The van der Waals surface area contributed by atoms with Crippen LogP contribution in [0.15, 0.2) is 24.3 Å². The van der Waals surface area contributed by atoms with Crippen LogP contribution in [0.4, 0.5) is 0 Å². The van der Waals surface area contributed by atoms with Crippen LogP contribution in [0.5, 0.6) is 0 Å². The van der Waals surface area contributed by atoms with Crippen molar-refractivity contribution in [2.45, 2.75) is 45.1 Å². The molecule has 0 atom stereocenters. The quantitative estimate of drug-likeness (QED) is 0.810. The van der Waals surface area contributed by atoms with Crippen LogP contribution < -0.4 is 5.32 Å². The van der Waals surface area contributed by atoms with E-state index in [4.69, 9.17) is 4.74 Å². The minimum atomic E-state index is 0.774. The average molecular weight is 261 g/mol. The molecule has 0 heterocycles. The number of nitrogens with one attached hydrogen (secondary N) is 1. The van der Waals surface area contributed by atoms with Gasteiger partial charge in [-0.1, -0.05) is 43.5 Å². The van der Waals surface area contributed by atoms with Gasteiger partial charge in [-0.2, -0.15) is 0 Å². The van der Waals surface area contributed by atoms with Crippen molar-refractivity contribution in [1.82, 2.24) is 5.32 Å². The van der Waals surface area contributed by atoms with Gasteiger partial charge in [0, 0.05) is 6.61 Å². The van der Waals surface area contributed by atoms with Crippen LogP contribution in [0.3, 0.4) is 0 Å². The first-order chi connectivity index (χ1) is 9.40. The van der Waals surface area contributed by atoms with Crippen LogP contribution in [-0.4, -0.2) is 20.2 Å². The lowest BCUT2D eigenvalue weighted by Crippen LogP contribution is -2.14. The molecule has 0 saturated heterocycles. The normalized spacial score (nSPS) is 16.7. The average Bonchev–Trinajstić information content (AvgIpc) is 2.47. The number of likely N-dealkylation sites (N-methyl/N-ethyl adjacent to an activating group) is 1. The maximum Gasteiger partial charge on any atom is 0.0719 e. The highest BCUT2D eigenvalue weighted by Crippen LogP contribution is 2.24. The topological polar surface area (TPSA) is 21.3 Å². The Balaban J connectivity index is 1.77. The molecule has 1 N–H and O–H groups in total. The van der Waals surface area contributed by atoms with Crippen LogP contribution in [0, 0.1) is 5.92 Å². The van der Waals surface area contributed by atoms with Crippen molar-refractivity contribution in [3.63, 3.8) is 0 Å². The van der Waals surface area contributed by atoms with Gasteiger partial charge < -0.3 is 10.1 Å². The van der Waals surface area contributed by atoms with E-state index in [0.717, 1.165) is 32.1 Å².